The Bertz CT molecular complexity index is 902. The van der Waals surface area contributed by atoms with Crippen LogP contribution in [0.3, 0.4) is 0 Å². The molecule has 1 aliphatic heterocycles. The monoisotopic (exact) mass is 324 g/mol. The van der Waals surface area contributed by atoms with Crippen molar-refractivity contribution >= 4 is 29.0 Å². The summed E-state index contributed by atoms with van der Waals surface area (Å²) in [6.07, 6.45) is 1.33. The molecule has 0 atom stereocenters. The minimum Gasteiger partial charge on any atom is -0.508 e. The summed E-state index contributed by atoms with van der Waals surface area (Å²) in [5.74, 6) is -2.47. The lowest BCUT2D eigenvalue weighted by Gasteiger charge is -2.18. The largest absolute Gasteiger partial charge is 0.508 e. The first-order valence-electron chi connectivity index (χ1n) is 6.95. The summed E-state index contributed by atoms with van der Waals surface area (Å²) in [4.78, 5) is 35.1. The number of hydrogen-bond acceptors (Lipinski definition) is 5. The van der Waals surface area contributed by atoms with Gasteiger partial charge in [-0.05, 0) is 24.3 Å². The van der Waals surface area contributed by atoms with Crippen LogP contribution in [-0.4, -0.2) is 28.0 Å². The minimum atomic E-state index is -1.23. The molecule has 7 heteroatoms. The number of aromatic carboxylic acids is 1. The molecule has 0 spiro atoms. The summed E-state index contributed by atoms with van der Waals surface area (Å²) in [6, 6.07) is 10.4. The highest BCUT2D eigenvalue weighted by Gasteiger charge is 2.26. The summed E-state index contributed by atoms with van der Waals surface area (Å²) in [7, 11) is 0. The van der Waals surface area contributed by atoms with E-state index < -0.39 is 17.8 Å². The van der Waals surface area contributed by atoms with E-state index in [0.717, 1.165) is 6.07 Å². The van der Waals surface area contributed by atoms with Crippen LogP contribution in [0.25, 0.3) is 5.57 Å². The van der Waals surface area contributed by atoms with Gasteiger partial charge in [-0.3, -0.25) is 14.9 Å². The van der Waals surface area contributed by atoms with Crippen molar-refractivity contribution < 1.29 is 24.6 Å². The Morgan fingerprint density at radius 1 is 1.04 bits per heavy atom. The maximum Gasteiger partial charge on any atom is 0.337 e. The van der Waals surface area contributed by atoms with Crippen LogP contribution in [0.2, 0.25) is 0 Å². The Kier molecular flexibility index (Phi) is 3.75. The third-order valence-electron chi connectivity index (χ3n) is 3.54. The Balaban J connectivity index is 2.01. The molecule has 0 saturated heterocycles. The third-order valence-corrected chi connectivity index (χ3v) is 3.54. The first kappa shape index (κ1) is 15.3. The Morgan fingerprint density at radius 3 is 2.46 bits per heavy atom. The van der Waals surface area contributed by atoms with E-state index in [1.165, 1.54) is 18.3 Å². The number of aromatic hydroxyl groups is 1. The number of benzene rings is 2. The number of amides is 2. The van der Waals surface area contributed by atoms with Gasteiger partial charge in [-0.15, -0.1) is 0 Å². The Labute approximate surface area is 136 Å². The van der Waals surface area contributed by atoms with Crippen molar-refractivity contribution in [3.8, 4) is 5.75 Å². The van der Waals surface area contributed by atoms with Crippen LogP contribution in [0.15, 0.2) is 48.7 Å². The zero-order chi connectivity index (χ0) is 17.3. The van der Waals surface area contributed by atoms with Crippen LogP contribution < -0.4 is 10.6 Å². The number of anilines is 1. The molecular formula is C17H12N2O5. The highest BCUT2D eigenvalue weighted by atomic mass is 16.4. The number of rotatable bonds is 3. The van der Waals surface area contributed by atoms with Gasteiger partial charge in [0, 0.05) is 17.3 Å². The lowest BCUT2D eigenvalue weighted by Crippen LogP contribution is -2.36. The molecule has 7 nitrogen and oxygen atoms in total. The SMILES string of the molecule is O=C1NC(=O)c2ccccc2/C1=C/Nc1ccc(O)cc1C(=O)O. The van der Waals surface area contributed by atoms with Gasteiger partial charge in [0.1, 0.15) is 5.75 Å². The first-order valence-corrected chi connectivity index (χ1v) is 6.95. The molecule has 2 aromatic rings. The highest BCUT2D eigenvalue weighted by molar-refractivity contribution is 6.31. The molecule has 0 aliphatic carbocycles. The number of hydrogen-bond donors (Lipinski definition) is 4. The highest BCUT2D eigenvalue weighted by Crippen LogP contribution is 2.26. The van der Waals surface area contributed by atoms with E-state index in [1.54, 1.807) is 24.3 Å². The normalized spacial score (nSPS) is 14.9. The molecule has 120 valence electrons. The molecule has 4 N–H and O–H groups in total. The predicted molar refractivity (Wildman–Crippen MR) is 85.6 cm³/mol. The van der Waals surface area contributed by atoms with Crippen molar-refractivity contribution in [2.75, 3.05) is 5.32 Å². The van der Waals surface area contributed by atoms with E-state index in [-0.39, 0.29) is 22.6 Å². The molecule has 24 heavy (non-hydrogen) atoms. The van der Waals surface area contributed by atoms with Crippen LogP contribution >= 0.6 is 0 Å². The first-order chi connectivity index (χ1) is 11.5. The van der Waals surface area contributed by atoms with E-state index in [4.69, 9.17) is 0 Å². The molecule has 0 aromatic heterocycles. The fourth-order valence-corrected chi connectivity index (χ4v) is 2.40. The fraction of sp³-hybridized carbons (Fsp3) is 0. The molecule has 2 aromatic carbocycles. The maximum atomic E-state index is 12.1. The lowest BCUT2D eigenvalue weighted by molar-refractivity contribution is -0.114. The molecule has 1 aliphatic rings. The zero-order valence-corrected chi connectivity index (χ0v) is 12.2. The molecule has 0 radical (unpaired) electrons. The van der Waals surface area contributed by atoms with Crippen LogP contribution in [0, 0.1) is 0 Å². The average molecular weight is 324 g/mol. The van der Waals surface area contributed by atoms with E-state index in [0.29, 0.717) is 11.1 Å². The second-order valence-electron chi connectivity index (χ2n) is 5.07. The quantitative estimate of drug-likeness (QED) is 0.389. The number of phenols is 1. The number of carbonyl (C=O) groups excluding carboxylic acids is 2. The zero-order valence-electron chi connectivity index (χ0n) is 12.2. The van der Waals surface area contributed by atoms with Crippen LogP contribution in [0.1, 0.15) is 26.3 Å². The third kappa shape index (κ3) is 2.70. The van der Waals surface area contributed by atoms with Crippen LogP contribution in [-0.2, 0) is 4.79 Å². The van der Waals surface area contributed by atoms with Crippen molar-refractivity contribution in [1.82, 2.24) is 5.32 Å². The van der Waals surface area contributed by atoms with Gasteiger partial charge in [0.15, 0.2) is 0 Å². The Hall–Kier alpha value is -3.61. The molecular weight excluding hydrogens is 312 g/mol. The van der Waals surface area contributed by atoms with Crippen LogP contribution in [0.5, 0.6) is 5.75 Å². The Morgan fingerprint density at radius 2 is 1.75 bits per heavy atom. The molecule has 2 amide bonds. The number of carbonyl (C=O) groups is 3. The van der Waals surface area contributed by atoms with Gasteiger partial charge in [0.05, 0.1) is 16.8 Å². The topological polar surface area (TPSA) is 116 Å². The minimum absolute atomic E-state index is 0.146. The number of nitrogens with one attached hydrogen (secondary N) is 2. The second kappa shape index (κ2) is 5.88. The molecule has 3 rings (SSSR count). The number of carboxylic acid groups (broad SMARTS) is 1. The van der Waals surface area contributed by atoms with E-state index in [9.17, 15) is 24.6 Å². The average Bonchev–Trinajstić information content (AvgIpc) is 2.55. The van der Waals surface area contributed by atoms with E-state index in [1.807, 2.05) is 0 Å². The number of phenolic OH excluding ortho intramolecular Hbond substituents is 1. The molecule has 0 unspecified atom stereocenters. The van der Waals surface area contributed by atoms with Gasteiger partial charge in [0.2, 0.25) is 0 Å². The molecule has 1 heterocycles. The van der Waals surface area contributed by atoms with Gasteiger partial charge < -0.3 is 15.5 Å². The van der Waals surface area contributed by atoms with E-state index >= 15 is 0 Å². The maximum absolute atomic E-state index is 12.1. The van der Waals surface area contributed by atoms with Gasteiger partial charge >= 0.3 is 5.97 Å². The molecule has 0 bridgehead atoms. The fourth-order valence-electron chi connectivity index (χ4n) is 2.40. The predicted octanol–water partition coefficient (Wildman–Crippen LogP) is 1.81. The van der Waals surface area contributed by atoms with Crippen molar-refractivity contribution in [2.45, 2.75) is 0 Å². The van der Waals surface area contributed by atoms with Gasteiger partial charge in [-0.25, -0.2) is 4.79 Å². The van der Waals surface area contributed by atoms with E-state index in [2.05, 4.69) is 10.6 Å². The van der Waals surface area contributed by atoms with Crippen molar-refractivity contribution in [2.24, 2.45) is 0 Å². The van der Waals surface area contributed by atoms with Gasteiger partial charge in [0.25, 0.3) is 11.8 Å². The van der Waals surface area contributed by atoms with Gasteiger partial charge in [-0.2, -0.15) is 0 Å². The second-order valence-corrected chi connectivity index (χ2v) is 5.07. The summed E-state index contributed by atoms with van der Waals surface area (Å²) in [5.41, 5.74) is 1.07. The van der Waals surface area contributed by atoms with Crippen molar-refractivity contribution in [3.05, 3.63) is 65.4 Å². The van der Waals surface area contributed by atoms with Crippen molar-refractivity contribution in [3.63, 3.8) is 0 Å². The summed E-state index contributed by atoms with van der Waals surface area (Å²) >= 11 is 0. The standard InChI is InChI=1S/C17H12N2O5/c20-9-5-6-14(12(7-9)17(23)24)18-8-13-10-3-1-2-4-11(10)15(21)19-16(13)22/h1-8,18,20H,(H,23,24)(H,19,21,22)/b13-8-. The van der Waals surface area contributed by atoms with Gasteiger partial charge in [-0.1, -0.05) is 18.2 Å². The van der Waals surface area contributed by atoms with Crippen molar-refractivity contribution in [1.29, 1.82) is 0 Å². The molecule has 0 fully saturated rings. The smallest absolute Gasteiger partial charge is 0.337 e. The number of imide groups is 1. The number of carboxylic acids is 1. The lowest BCUT2D eigenvalue weighted by atomic mass is 9.95. The summed E-state index contributed by atoms with van der Waals surface area (Å²) in [6.45, 7) is 0. The summed E-state index contributed by atoms with van der Waals surface area (Å²) < 4.78 is 0. The van der Waals surface area contributed by atoms with Crippen LogP contribution in [0.4, 0.5) is 5.69 Å². The number of fused-ring (bicyclic) bond motifs is 1. The summed E-state index contributed by atoms with van der Waals surface area (Å²) in [5, 5.41) is 23.5. The molecule has 0 saturated carbocycles.